The minimum Gasteiger partial charge on any atom is -0.459 e. The molecule has 1 saturated heterocycles. The van der Waals surface area contributed by atoms with Gasteiger partial charge < -0.3 is 19.8 Å². The molecule has 5 rings (SSSR count). The number of hydrogen-bond acceptors (Lipinski definition) is 5. The number of amides is 3. The first-order valence-corrected chi connectivity index (χ1v) is 12.3. The van der Waals surface area contributed by atoms with Crippen LogP contribution in [0.4, 0.5) is 10.5 Å². The predicted molar refractivity (Wildman–Crippen MR) is 141 cm³/mol. The Kier molecular flexibility index (Phi) is 7.21. The van der Waals surface area contributed by atoms with E-state index in [0.717, 1.165) is 11.1 Å². The predicted octanol–water partition coefficient (Wildman–Crippen LogP) is 5.47. The molecule has 1 fully saturated rings. The topological polar surface area (TPSA) is 101 Å². The highest BCUT2D eigenvalue weighted by Gasteiger charge is 2.47. The maximum atomic E-state index is 13.7. The molecule has 192 valence electrons. The summed E-state index contributed by atoms with van der Waals surface area (Å²) in [6.45, 7) is 2.13. The summed E-state index contributed by atoms with van der Waals surface area (Å²) in [4.78, 5) is 40.4. The second-order valence-corrected chi connectivity index (χ2v) is 9.06. The van der Waals surface area contributed by atoms with Gasteiger partial charge in [-0.15, -0.1) is 0 Å². The van der Waals surface area contributed by atoms with Gasteiger partial charge in [0.15, 0.2) is 17.9 Å². The molecular weight excluding hydrogens is 482 g/mol. The molecule has 1 aromatic heterocycles. The van der Waals surface area contributed by atoms with Crippen LogP contribution in [0.1, 0.15) is 46.3 Å². The number of anilines is 1. The summed E-state index contributed by atoms with van der Waals surface area (Å²) in [5.41, 5.74) is 3.01. The van der Waals surface area contributed by atoms with Crippen LogP contribution in [0.2, 0.25) is 0 Å². The zero-order valence-electron chi connectivity index (χ0n) is 20.7. The van der Waals surface area contributed by atoms with Crippen molar-refractivity contribution in [3.8, 4) is 0 Å². The van der Waals surface area contributed by atoms with Gasteiger partial charge in [0.25, 0.3) is 5.91 Å². The quantitative estimate of drug-likeness (QED) is 0.328. The summed E-state index contributed by atoms with van der Waals surface area (Å²) in [5.74, 6) is -0.501. The van der Waals surface area contributed by atoms with E-state index < -0.39 is 18.2 Å². The van der Waals surface area contributed by atoms with E-state index in [1.165, 1.54) is 11.2 Å². The van der Waals surface area contributed by atoms with E-state index in [4.69, 9.17) is 9.15 Å². The van der Waals surface area contributed by atoms with Crippen LogP contribution in [-0.2, 0) is 16.1 Å². The number of ether oxygens (including phenoxy) is 1. The SMILES string of the molecule is C[C@H](NC(=O)[C@H]1[C@@H](c2ccc(NC(=O)c3ccco3)cc2)OC(=O)N1Cc1ccccc1)c1ccccc1. The van der Waals surface area contributed by atoms with Gasteiger partial charge in [0.2, 0.25) is 5.91 Å². The van der Waals surface area contributed by atoms with Crippen LogP contribution in [0.3, 0.4) is 0 Å². The molecule has 1 aliphatic heterocycles. The van der Waals surface area contributed by atoms with Crippen molar-refractivity contribution in [3.63, 3.8) is 0 Å². The molecule has 0 saturated carbocycles. The van der Waals surface area contributed by atoms with Crippen LogP contribution in [0.25, 0.3) is 0 Å². The number of cyclic esters (lactones) is 1. The number of hydrogen-bond donors (Lipinski definition) is 2. The molecule has 38 heavy (non-hydrogen) atoms. The average molecular weight is 510 g/mol. The number of nitrogens with zero attached hydrogens (tertiary/aromatic N) is 1. The van der Waals surface area contributed by atoms with Crippen molar-refractivity contribution in [1.82, 2.24) is 10.2 Å². The molecule has 8 heteroatoms. The first-order valence-electron chi connectivity index (χ1n) is 12.3. The fourth-order valence-corrected chi connectivity index (χ4v) is 4.47. The average Bonchev–Trinajstić information content (AvgIpc) is 3.59. The molecule has 2 heterocycles. The lowest BCUT2D eigenvalue weighted by Gasteiger charge is -2.26. The van der Waals surface area contributed by atoms with Crippen molar-refractivity contribution in [3.05, 3.63) is 126 Å². The van der Waals surface area contributed by atoms with Crippen LogP contribution < -0.4 is 10.6 Å². The first kappa shape index (κ1) is 24.8. The minimum absolute atomic E-state index is 0.194. The molecule has 0 radical (unpaired) electrons. The van der Waals surface area contributed by atoms with Gasteiger partial charge in [0.1, 0.15) is 0 Å². The van der Waals surface area contributed by atoms with E-state index in [2.05, 4.69) is 10.6 Å². The van der Waals surface area contributed by atoms with E-state index in [-0.39, 0.29) is 30.2 Å². The van der Waals surface area contributed by atoms with Crippen molar-refractivity contribution < 1.29 is 23.5 Å². The highest BCUT2D eigenvalue weighted by atomic mass is 16.6. The number of nitrogens with one attached hydrogen (secondary N) is 2. The van der Waals surface area contributed by atoms with Gasteiger partial charge in [-0.05, 0) is 47.9 Å². The molecule has 3 atom stereocenters. The maximum absolute atomic E-state index is 13.7. The number of rotatable bonds is 8. The van der Waals surface area contributed by atoms with Gasteiger partial charge in [0.05, 0.1) is 18.8 Å². The van der Waals surface area contributed by atoms with Crippen LogP contribution in [0.15, 0.2) is 108 Å². The maximum Gasteiger partial charge on any atom is 0.411 e. The van der Waals surface area contributed by atoms with Gasteiger partial charge in [0, 0.05) is 5.69 Å². The number of carbonyl (C=O) groups is 3. The minimum atomic E-state index is -0.891. The summed E-state index contributed by atoms with van der Waals surface area (Å²) in [7, 11) is 0. The van der Waals surface area contributed by atoms with Gasteiger partial charge >= 0.3 is 6.09 Å². The smallest absolute Gasteiger partial charge is 0.411 e. The number of furan rings is 1. The number of carbonyl (C=O) groups excluding carboxylic acids is 3. The fourth-order valence-electron chi connectivity index (χ4n) is 4.47. The normalized spacial score (nSPS) is 17.5. The molecule has 4 aromatic rings. The Bertz CT molecular complexity index is 1390. The van der Waals surface area contributed by atoms with Gasteiger partial charge in [-0.1, -0.05) is 72.8 Å². The van der Waals surface area contributed by atoms with Crippen LogP contribution in [0.5, 0.6) is 0 Å². The first-order chi connectivity index (χ1) is 18.5. The molecule has 8 nitrogen and oxygen atoms in total. The van der Waals surface area contributed by atoms with Crippen molar-refractivity contribution in [2.45, 2.75) is 31.7 Å². The van der Waals surface area contributed by atoms with Crippen LogP contribution in [0, 0.1) is 0 Å². The molecule has 0 spiro atoms. The van der Waals surface area contributed by atoms with Crippen LogP contribution in [-0.4, -0.2) is 28.8 Å². The summed E-state index contributed by atoms with van der Waals surface area (Å²) in [5, 5.41) is 5.81. The van der Waals surface area contributed by atoms with Gasteiger partial charge in [-0.25, -0.2) is 4.79 Å². The molecule has 2 N–H and O–H groups in total. The lowest BCUT2D eigenvalue weighted by Crippen LogP contribution is -2.46. The summed E-state index contributed by atoms with van der Waals surface area (Å²) in [6.07, 6.45) is 0.0305. The Morgan fingerprint density at radius 3 is 2.24 bits per heavy atom. The lowest BCUT2D eigenvalue weighted by molar-refractivity contribution is -0.127. The van der Waals surface area contributed by atoms with E-state index in [1.54, 1.807) is 36.4 Å². The van der Waals surface area contributed by atoms with E-state index >= 15 is 0 Å². The Hall–Kier alpha value is -4.85. The van der Waals surface area contributed by atoms with Crippen molar-refractivity contribution >= 4 is 23.6 Å². The summed E-state index contributed by atoms with van der Waals surface area (Å²) >= 11 is 0. The standard InChI is InChI=1S/C30H27N3O5/c1-20(22-11-6-3-7-12-22)31-29(35)26-27(38-30(36)33(26)19-21-9-4-2-5-10-21)23-14-16-24(17-15-23)32-28(34)25-13-8-18-37-25/h2-18,20,26-27H,19H2,1H3,(H,31,35)(H,32,34)/t20-,26+,27+/m0/s1. The molecular formula is C30H27N3O5. The molecule has 0 aliphatic carbocycles. The molecule has 0 unspecified atom stereocenters. The second-order valence-electron chi connectivity index (χ2n) is 9.06. The van der Waals surface area contributed by atoms with Crippen molar-refractivity contribution in [1.29, 1.82) is 0 Å². The Labute approximate surface area is 220 Å². The highest BCUT2D eigenvalue weighted by molar-refractivity contribution is 6.02. The van der Waals surface area contributed by atoms with Crippen LogP contribution >= 0.6 is 0 Å². The van der Waals surface area contributed by atoms with E-state index in [9.17, 15) is 14.4 Å². The third-order valence-electron chi connectivity index (χ3n) is 6.45. The zero-order chi connectivity index (χ0) is 26.5. The van der Waals surface area contributed by atoms with Gasteiger partial charge in [-0.3, -0.25) is 14.5 Å². The van der Waals surface area contributed by atoms with E-state index in [1.807, 2.05) is 67.6 Å². The highest BCUT2D eigenvalue weighted by Crippen LogP contribution is 2.35. The summed E-state index contributed by atoms with van der Waals surface area (Å²) in [6, 6.07) is 28.0. The zero-order valence-corrected chi connectivity index (χ0v) is 20.7. The Balaban J connectivity index is 1.38. The number of benzene rings is 3. The molecule has 0 bridgehead atoms. The Morgan fingerprint density at radius 2 is 1.58 bits per heavy atom. The molecule has 3 aromatic carbocycles. The molecule has 1 aliphatic rings. The third-order valence-corrected chi connectivity index (χ3v) is 6.45. The molecule has 3 amide bonds. The lowest BCUT2D eigenvalue weighted by atomic mass is 9.99. The third kappa shape index (κ3) is 5.44. The summed E-state index contributed by atoms with van der Waals surface area (Å²) < 4.78 is 10.9. The van der Waals surface area contributed by atoms with Gasteiger partial charge in [-0.2, -0.15) is 0 Å². The van der Waals surface area contributed by atoms with Crippen molar-refractivity contribution in [2.75, 3.05) is 5.32 Å². The van der Waals surface area contributed by atoms with E-state index in [0.29, 0.717) is 11.3 Å². The monoisotopic (exact) mass is 509 g/mol. The largest absolute Gasteiger partial charge is 0.459 e. The van der Waals surface area contributed by atoms with Crippen molar-refractivity contribution in [2.24, 2.45) is 0 Å². The second kappa shape index (κ2) is 11.0. The fraction of sp³-hybridized carbons (Fsp3) is 0.167. The Morgan fingerprint density at radius 1 is 0.895 bits per heavy atom.